The molecule has 1 N–H and O–H groups in total. The second-order valence-electron chi connectivity index (χ2n) is 5.94. The highest BCUT2D eigenvalue weighted by molar-refractivity contribution is 5.29. The normalized spacial score (nSPS) is 23.7. The lowest BCUT2D eigenvalue weighted by molar-refractivity contribution is 0.184. The van der Waals surface area contributed by atoms with Crippen molar-refractivity contribution in [3.8, 4) is 0 Å². The zero-order valence-corrected chi connectivity index (χ0v) is 12.1. The first-order valence-corrected chi connectivity index (χ1v) is 6.96. The zero-order valence-electron chi connectivity index (χ0n) is 12.1. The fourth-order valence-corrected chi connectivity index (χ4v) is 2.89. The average Bonchev–Trinajstić information content (AvgIpc) is 2.55. The third-order valence-electron chi connectivity index (χ3n) is 3.75. The Bertz CT molecular complexity index is 307. The van der Waals surface area contributed by atoms with Gasteiger partial charge in [-0.2, -0.15) is 0 Å². The minimum atomic E-state index is -0.175. The third kappa shape index (κ3) is 4.31. The summed E-state index contributed by atoms with van der Waals surface area (Å²) in [5.74, 6) is 1.28. The van der Waals surface area contributed by atoms with Crippen molar-refractivity contribution >= 4 is 0 Å². The topological polar surface area (TPSA) is 20.2 Å². The van der Waals surface area contributed by atoms with Crippen molar-refractivity contribution in [1.82, 2.24) is 0 Å². The van der Waals surface area contributed by atoms with Gasteiger partial charge in [-0.1, -0.05) is 36.6 Å². The molecule has 0 aromatic heterocycles. The quantitative estimate of drug-likeness (QED) is 0.698. The summed E-state index contributed by atoms with van der Waals surface area (Å²) in [6.07, 6.45) is 6.70. The van der Waals surface area contributed by atoms with E-state index in [9.17, 15) is 5.11 Å². The van der Waals surface area contributed by atoms with Gasteiger partial charge in [0.2, 0.25) is 0 Å². The lowest BCUT2D eigenvalue weighted by atomic mass is 9.88. The van der Waals surface area contributed by atoms with Gasteiger partial charge in [-0.25, -0.2) is 0 Å². The molecule has 0 heterocycles. The number of aliphatic hydroxyl groups is 1. The molecule has 1 rings (SSSR count). The molecule has 1 heteroatoms. The summed E-state index contributed by atoms with van der Waals surface area (Å²) < 4.78 is 0. The number of allylic oxidation sites excluding steroid dienone is 4. The van der Waals surface area contributed by atoms with E-state index in [2.05, 4.69) is 33.8 Å². The van der Waals surface area contributed by atoms with Gasteiger partial charge >= 0.3 is 0 Å². The zero-order chi connectivity index (χ0) is 13.0. The highest BCUT2D eigenvalue weighted by Crippen LogP contribution is 2.39. The maximum Gasteiger partial charge on any atom is 0.0515 e. The lowest BCUT2D eigenvalue weighted by Crippen LogP contribution is -2.06. The molecule has 0 aromatic carbocycles. The highest BCUT2D eigenvalue weighted by atomic mass is 16.3. The summed E-state index contributed by atoms with van der Waals surface area (Å²) in [4.78, 5) is 0. The molecule has 0 saturated heterocycles. The van der Waals surface area contributed by atoms with Crippen LogP contribution in [-0.4, -0.2) is 11.2 Å². The Morgan fingerprint density at radius 3 is 2.59 bits per heavy atom. The second kappa shape index (κ2) is 6.39. The van der Waals surface area contributed by atoms with Crippen molar-refractivity contribution in [1.29, 1.82) is 0 Å². The van der Waals surface area contributed by atoms with E-state index in [0.717, 1.165) is 12.8 Å². The van der Waals surface area contributed by atoms with Crippen LogP contribution in [0.15, 0.2) is 22.8 Å². The summed E-state index contributed by atoms with van der Waals surface area (Å²) in [6.45, 7) is 10.9. The minimum Gasteiger partial charge on any atom is -0.393 e. The predicted molar refractivity (Wildman–Crippen MR) is 74.9 cm³/mol. The summed E-state index contributed by atoms with van der Waals surface area (Å²) in [6, 6.07) is 0. The fraction of sp³-hybridized carbons (Fsp3) is 0.750. The van der Waals surface area contributed by atoms with Crippen molar-refractivity contribution in [3.05, 3.63) is 22.8 Å². The molecule has 98 valence electrons. The summed E-state index contributed by atoms with van der Waals surface area (Å²) in [5, 5.41) is 9.43. The van der Waals surface area contributed by atoms with E-state index >= 15 is 0 Å². The molecule has 1 nitrogen and oxygen atoms in total. The molecule has 2 atom stereocenters. The maximum atomic E-state index is 9.43. The van der Waals surface area contributed by atoms with Crippen LogP contribution in [0.1, 0.15) is 60.3 Å². The van der Waals surface area contributed by atoms with E-state index in [1.165, 1.54) is 18.4 Å². The molecule has 0 aliphatic heterocycles. The number of hydrogen-bond acceptors (Lipinski definition) is 1. The first-order chi connectivity index (χ1) is 7.91. The SMILES string of the molecule is CC1=C(CCC(C)O)C(/C(C)=C/C(C)C)CC1. The van der Waals surface area contributed by atoms with Gasteiger partial charge < -0.3 is 5.11 Å². The standard InChI is InChI=1S/C16H28O/c1-11(2)10-13(4)16-8-6-12(3)15(16)9-7-14(5)17/h10-11,14,16-17H,6-9H2,1-5H3/b13-10+. The molecule has 0 radical (unpaired) electrons. The number of aliphatic hydroxyl groups excluding tert-OH is 1. The molecule has 17 heavy (non-hydrogen) atoms. The lowest BCUT2D eigenvalue weighted by Gasteiger charge is -2.18. The molecule has 1 aliphatic carbocycles. The molecule has 0 fully saturated rings. The molecule has 2 unspecified atom stereocenters. The Morgan fingerprint density at radius 1 is 1.41 bits per heavy atom. The summed E-state index contributed by atoms with van der Waals surface area (Å²) in [7, 11) is 0. The summed E-state index contributed by atoms with van der Waals surface area (Å²) in [5.41, 5.74) is 4.69. The van der Waals surface area contributed by atoms with Gasteiger partial charge in [0.15, 0.2) is 0 Å². The Balaban J connectivity index is 2.73. The molecular weight excluding hydrogens is 208 g/mol. The van der Waals surface area contributed by atoms with Crippen LogP contribution >= 0.6 is 0 Å². The monoisotopic (exact) mass is 236 g/mol. The largest absolute Gasteiger partial charge is 0.393 e. The van der Waals surface area contributed by atoms with E-state index in [1.807, 2.05) is 6.92 Å². The Hall–Kier alpha value is -0.560. The molecule has 0 bridgehead atoms. The smallest absolute Gasteiger partial charge is 0.0515 e. The third-order valence-corrected chi connectivity index (χ3v) is 3.75. The molecule has 0 aromatic rings. The van der Waals surface area contributed by atoms with Crippen molar-refractivity contribution in [2.75, 3.05) is 0 Å². The fourth-order valence-electron chi connectivity index (χ4n) is 2.89. The Kier molecular flexibility index (Phi) is 5.45. The van der Waals surface area contributed by atoms with Gasteiger partial charge in [-0.3, -0.25) is 0 Å². The molecule has 0 saturated carbocycles. The van der Waals surface area contributed by atoms with Crippen molar-refractivity contribution in [2.24, 2.45) is 11.8 Å². The molecule has 0 spiro atoms. The van der Waals surface area contributed by atoms with E-state index < -0.39 is 0 Å². The highest BCUT2D eigenvalue weighted by Gasteiger charge is 2.24. The van der Waals surface area contributed by atoms with Crippen LogP contribution in [0.2, 0.25) is 0 Å². The van der Waals surface area contributed by atoms with Crippen molar-refractivity contribution in [2.45, 2.75) is 66.4 Å². The second-order valence-corrected chi connectivity index (χ2v) is 5.94. The van der Waals surface area contributed by atoms with Crippen LogP contribution in [0.25, 0.3) is 0 Å². The van der Waals surface area contributed by atoms with Gasteiger partial charge in [0.25, 0.3) is 0 Å². The Labute approximate surface area is 107 Å². The van der Waals surface area contributed by atoms with Gasteiger partial charge in [0.05, 0.1) is 6.10 Å². The minimum absolute atomic E-state index is 0.175. The van der Waals surface area contributed by atoms with Crippen molar-refractivity contribution < 1.29 is 5.11 Å². The number of rotatable bonds is 5. The van der Waals surface area contributed by atoms with E-state index in [-0.39, 0.29) is 6.10 Å². The van der Waals surface area contributed by atoms with Crippen LogP contribution in [-0.2, 0) is 0 Å². The van der Waals surface area contributed by atoms with E-state index in [4.69, 9.17) is 0 Å². The first kappa shape index (κ1) is 14.5. The Morgan fingerprint density at radius 2 is 2.06 bits per heavy atom. The predicted octanol–water partition coefficient (Wildman–Crippen LogP) is 4.48. The first-order valence-electron chi connectivity index (χ1n) is 6.96. The van der Waals surface area contributed by atoms with Crippen LogP contribution < -0.4 is 0 Å². The molecular formula is C16H28O. The van der Waals surface area contributed by atoms with Gasteiger partial charge in [0.1, 0.15) is 0 Å². The van der Waals surface area contributed by atoms with Gasteiger partial charge in [-0.05, 0) is 52.4 Å². The van der Waals surface area contributed by atoms with Crippen LogP contribution in [0.5, 0.6) is 0 Å². The van der Waals surface area contributed by atoms with E-state index in [0.29, 0.717) is 11.8 Å². The van der Waals surface area contributed by atoms with Crippen LogP contribution in [0.4, 0.5) is 0 Å². The summed E-state index contributed by atoms with van der Waals surface area (Å²) >= 11 is 0. The average molecular weight is 236 g/mol. The van der Waals surface area contributed by atoms with Gasteiger partial charge in [0, 0.05) is 5.92 Å². The van der Waals surface area contributed by atoms with E-state index in [1.54, 1.807) is 11.1 Å². The van der Waals surface area contributed by atoms with Crippen LogP contribution in [0, 0.1) is 11.8 Å². The molecule has 0 amide bonds. The van der Waals surface area contributed by atoms with Gasteiger partial charge in [-0.15, -0.1) is 0 Å². The molecule has 1 aliphatic rings. The number of hydrogen-bond donors (Lipinski definition) is 1. The maximum absolute atomic E-state index is 9.43. The van der Waals surface area contributed by atoms with Crippen molar-refractivity contribution in [3.63, 3.8) is 0 Å². The van der Waals surface area contributed by atoms with Crippen LogP contribution in [0.3, 0.4) is 0 Å².